The van der Waals surface area contributed by atoms with Crippen molar-refractivity contribution < 1.29 is 14.7 Å². The Balaban J connectivity index is 1.62. The molecule has 1 saturated heterocycles. The highest BCUT2D eigenvalue weighted by atomic mass is 16.4. The van der Waals surface area contributed by atoms with E-state index in [0.29, 0.717) is 18.9 Å². The lowest BCUT2D eigenvalue weighted by molar-refractivity contribution is -0.147. The SMILES string of the molecule is CC1(C(=O)O)CCCN1C(=O)NC1CC1c1ccccc1. The molecule has 1 heterocycles. The summed E-state index contributed by atoms with van der Waals surface area (Å²) in [5.41, 5.74) is 0.159. The van der Waals surface area contributed by atoms with Crippen molar-refractivity contribution in [3.05, 3.63) is 35.9 Å². The summed E-state index contributed by atoms with van der Waals surface area (Å²) >= 11 is 0. The molecule has 0 bridgehead atoms. The Kier molecular flexibility index (Phi) is 3.35. The molecule has 3 unspecified atom stereocenters. The molecule has 1 aromatic carbocycles. The highest BCUT2D eigenvalue weighted by Crippen LogP contribution is 2.41. The second kappa shape index (κ2) is 5.06. The maximum Gasteiger partial charge on any atom is 0.329 e. The molecule has 5 nitrogen and oxygen atoms in total. The number of carbonyl (C=O) groups is 2. The van der Waals surface area contributed by atoms with Crippen LogP contribution in [0.15, 0.2) is 30.3 Å². The second-order valence-corrected chi connectivity index (χ2v) is 6.14. The van der Waals surface area contributed by atoms with Crippen LogP contribution in [0.3, 0.4) is 0 Å². The number of urea groups is 1. The molecular formula is C16H20N2O3. The zero-order chi connectivity index (χ0) is 15.0. The minimum absolute atomic E-state index is 0.124. The van der Waals surface area contributed by atoms with E-state index in [9.17, 15) is 14.7 Å². The first-order valence-electron chi connectivity index (χ1n) is 7.39. The Hall–Kier alpha value is -2.04. The monoisotopic (exact) mass is 288 g/mol. The zero-order valence-corrected chi connectivity index (χ0v) is 12.1. The topological polar surface area (TPSA) is 69.6 Å². The molecule has 1 aromatic rings. The van der Waals surface area contributed by atoms with Crippen molar-refractivity contribution in [2.75, 3.05) is 6.54 Å². The van der Waals surface area contributed by atoms with Crippen molar-refractivity contribution in [3.63, 3.8) is 0 Å². The number of nitrogens with zero attached hydrogens (tertiary/aromatic N) is 1. The predicted octanol–water partition coefficient (Wildman–Crippen LogP) is 2.19. The van der Waals surface area contributed by atoms with Crippen molar-refractivity contribution in [1.82, 2.24) is 10.2 Å². The van der Waals surface area contributed by atoms with Crippen molar-refractivity contribution in [1.29, 1.82) is 0 Å². The summed E-state index contributed by atoms with van der Waals surface area (Å²) in [4.78, 5) is 25.2. The molecule has 2 amide bonds. The van der Waals surface area contributed by atoms with Crippen molar-refractivity contribution in [2.24, 2.45) is 0 Å². The summed E-state index contributed by atoms with van der Waals surface area (Å²) in [6.45, 7) is 2.14. The van der Waals surface area contributed by atoms with E-state index in [1.165, 1.54) is 10.5 Å². The number of carbonyl (C=O) groups excluding carboxylic acids is 1. The Morgan fingerprint density at radius 1 is 1.33 bits per heavy atom. The van der Waals surface area contributed by atoms with Crippen LogP contribution in [0.1, 0.15) is 37.7 Å². The van der Waals surface area contributed by atoms with Crippen molar-refractivity contribution >= 4 is 12.0 Å². The minimum atomic E-state index is -1.07. The largest absolute Gasteiger partial charge is 0.480 e. The van der Waals surface area contributed by atoms with E-state index in [1.54, 1.807) is 6.92 Å². The van der Waals surface area contributed by atoms with Gasteiger partial charge in [-0.05, 0) is 31.7 Å². The lowest BCUT2D eigenvalue weighted by atomic mass is 10.00. The number of likely N-dealkylation sites (tertiary alicyclic amines) is 1. The van der Waals surface area contributed by atoms with Crippen LogP contribution in [0, 0.1) is 0 Å². The van der Waals surface area contributed by atoms with E-state index in [2.05, 4.69) is 17.4 Å². The minimum Gasteiger partial charge on any atom is -0.480 e. The molecule has 0 spiro atoms. The number of carboxylic acid groups (broad SMARTS) is 1. The lowest BCUT2D eigenvalue weighted by Crippen LogP contribution is -2.54. The van der Waals surface area contributed by atoms with Gasteiger partial charge in [0.1, 0.15) is 5.54 Å². The van der Waals surface area contributed by atoms with Crippen LogP contribution in [0.4, 0.5) is 4.79 Å². The number of hydrogen-bond donors (Lipinski definition) is 2. The van der Waals surface area contributed by atoms with Gasteiger partial charge in [-0.15, -0.1) is 0 Å². The number of rotatable bonds is 3. The molecule has 2 fully saturated rings. The van der Waals surface area contributed by atoms with Crippen LogP contribution in [0.25, 0.3) is 0 Å². The normalized spacial score (nSPS) is 31.0. The average Bonchev–Trinajstić information content (AvgIpc) is 3.11. The van der Waals surface area contributed by atoms with E-state index >= 15 is 0 Å². The molecule has 1 saturated carbocycles. The average molecular weight is 288 g/mol. The van der Waals surface area contributed by atoms with E-state index in [-0.39, 0.29) is 12.1 Å². The van der Waals surface area contributed by atoms with Gasteiger partial charge < -0.3 is 15.3 Å². The van der Waals surface area contributed by atoms with E-state index in [0.717, 1.165) is 12.8 Å². The quantitative estimate of drug-likeness (QED) is 0.895. The second-order valence-electron chi connectivity index (χ2n) is 6.14. The number of amides is 2. The molecular weight excluding hydrogens is 268 g/mol. The van der Waals surface area contributed by atoms with Crippen LogP contribution in [-0.4, -0.2) is 40.1 Å². The zero-order valence-electron chi connectivity index (χ0n) is 12.1. The fourth-order valence-corrected chi connectivity index (χ4v) is 3.17. The van der Waals surface area contributed by atoms with E-state index in [4.69, 9.17) is 0 Å². The van der Waals surface area contributed by atoms with Gasteiger partial charge in [-0.2, -0.15) is 0 Å². The van der Waals surface area contributed by atoms with Crippen LogP contribution in [0.5, 0.6) is 0 Å². The molecule has 112 valence electrons. The highest BCUT2D eigenvalue weighted by Gasteiger charge is 2.48. The maximum absolute atomic E-state index is 12.3. The third-order valence-electron chi connectivity index (χ3n) is 4.67. The van der Waals surface area contributed by atoms with Gasteiger partial charge >= 0.3 is 12.0 Å². The third-order valence-corrected chi connectivity index (χ3v) is 4.67. The molecule has 3 atom stereocenters. The maximum atomic E-state index is 12.3. The molecule has 2 aliphatic rings. The van der Waals surface area contributed by atoms with Gasteiger partial charge in [0.2, 0.25) is 0 Å². The van der Waals surface area contributed by atoms with Crippen LogP contribution >= 0.6 is 0 Å². The standard InChI is InChI=1S/C16H20N2O3/c1-16(14(19)20)8-5-9-18(16)15(21)17-13-10-12(13)11-6-3-2-4-7-11/h2-4,6-7,12-13H,5,8-10H2,1H3,(H,17,21)(H,19,20). The summed E-state index contributed by atoms with van der Waals surface area (Å²) < 4.78 is 0. The van der Waals surface area contributed by atoms with Gasteiger partial charge in [0.15, 0.2) is 0 Å². The van der Waals surface area contributed by atoms with Crippen LogP contribution in [-0.2, 0) is 4.79 Å². The Labute approximate surface area is 123 Å². The third kappa shape index (κ3) is 2.48. The van der Waals surface area contributed by atoms with Gasteiger partial charge in [-0.1, -0.05) is 30.3 Å². The van der Waals surface area contributed by atoms with Crippen molar-refractivity contribution in [2.45, 2.75) is 43.7 Å². The fraction of sp³-hybridized carbons (Fsp3) is 0.500. The lowest BCUT2D eigenvalue weighted by Gasteiger charge is -2.31. The number of benzene rings is 1. The Morgan fingerprint density at radius 3 is 2.71 bits per heavy atom. The molecule has 21 heavy (non-hydrogen) atoms. The number of aliphatic carboxylic acids is 1. The first kappa shape index (κ1) is 13.9. The van der Waals surface area contributed by atoms with Gasteiger partial charge in [0.05, 0.1) is 0 Å². The summed E-state index contributed by atoms with van der Waals surface area (Å²) in [7, 11) is 0. The van der Waals surface area contributed by atoms with Crippen LogP contribution in [0.2, 0.25) is 0 Å². The summed E-state index contributed by atoms with van der Waals surface area (Å²) in [5.74, 6) is -0.570. The number of nitrogens with one attached hydrogen (secondary N) is 1. The molecule has 1 aliphatic carbocycles. The number of hydrogen-bond acceptors (Lipinski definition) is 2. The summed E-state index contributed by atoms with van der Waals surface area (Å²) in [6, 6.07) is 9.96. The van der Waals surface area contributed by atoms with Crippen LogP contribution < -0.4 is 5.32 Å². The molecule has 2 N–H and O–H groups in total. The first-order chi connectivity index (χ1) is 10.0. The smallest absolute Gasteiger partial charge is 0.329 e. The van der Waals surface area contributed by atoms with Gasteiger partial charge in [0, 0.05) is 18.5 Å². The Morgan fingerprint density at radius 2 is 2.05 bits per heavy atom. The summed E-state index contributed by atoms with van der Waals surface area (Å²) in [6.07, 6.45) is 2.18. The van der Waals surface area contributed by atoms with Crippen molar-refractivity contribution in [3.8, 4) is 0 Å². The molecule has 5 heteroatoms. The van der Waals surface area contributed by atoms with E-state index < -0.39 is 11.5 Å². The molecule has 1 aliphatic heterocycles. The van der Waals surface area contributed by atoms with Gasteiger partial charge in [-0.3, -0.25) is 0 Å². The fourth-order valence-electron chi connectivity index (χ4n) is 3.17. The molecule has 3 rings (SSSR count). The molecule has 0 radical (unpaired) electrons. The number of carboxylic acids is 1. The summed E-state index contributed by atoms with van der Waals surface area (Å²) in [5, 5.41) is 12.3. The first-order valence-corrected chi connectivity index (χ1v) is 7.39. The van der Waals surface area contributed by atoms with E-state index in [1.807, 2.05) is 18.2 Å². The highest BCUT2D eigenvalue weighted by molar-refractivity contribution is 5.87. The van der Waals surface area contributed by atoms with Gasteiger partial charge in [0.25, 0.3) is 0 Å². The Bertz CT molecular complexity index is 560. The van der Waals surface area contributed by atoms with Gasteiger partial charge in [-0.25, -0.2) is 9.59 Å². The predicted molar refractivity (Wildman–Crippen MR) is 78.1 cm³/mol. The molecule has 0 aromatic heterocycles.